The number of nitrogens with one attached hydrogen (secondary N) is 4. The van der Waals surface area contributed by atoms with Gasteiger partial charge in [-0.25, -0.2) is 13.4 Å². The molecule has 1 saturated carbocycles. The fourth-order valence-electron chi connectivity index (χ4n) is 5.27. The Morgan fingerprint density at radius 1 is 1.12 bits per heavy atom. The van der Waals surface area contributed by atoms with Gasteiger partial charge < -0.3 is 16.1 Å². The standard InChI is InChI=1S/C35H39F4N7O2S/c1-9-22-18-40-30-23(12-13-33(6,7)49(8,47)48)16-24(17-26(30)29(22)41-20-32(3,4)5)43-31(25-10-11-28(36)42-21(25)2)27-19-46(45-44-27)34(14-15-34)35(37,38)39/h1,10-11,16-19,31,43-45H,14-15,20H2,2-8H3,(H,40,41)/t31-/m0/s1. The van der Waals surface area contributed by atoms with Crippen molar-refractivity contribution in [1.82, 2.24) is 25.9 Å². The van der Waals surface area contributed by atoms with Gasteiger partial charge in [-0.1, -0.05) is 44.6 Å². The van der Waals surface area contributed by atoms with E-state index in [4.69, 9.17) is 6.42 Å². The Morgan fingerprint density at radius 3 is 2.39 bits per heavy atom. The van der Waals surface area contributed by atoms with E-state index >= 15 is 0 Å². The van der Waals surface area contributed by atoms with Crippen LogP contribution in [0.4, 0.5) is 28.9 Å². The Kier molecular flexibility index (Phi) is 9.06. The Labute approximate surface area is 284 Å². The Bertz CT molecular complexity index is 2050. The van der Waals surface area contributed by atoms with Gasteiger partial charge in [0.15, 0.2) is 15.4 Å². The number of nitrogens with zero attached hydrogens (tertiary/aromatic N) is 3. The third kappa shape index (κ3) is 7.26. The lowest BCUT2D eigenvalue weighted by Crippen LogP contribution is -2.52. The molecular formula is C35H39F4N7O2S. The first kappa shape index (κ1) is 35.8. The summed E-state index contributed by atoms with van der Waals surface area (Å²) in [5.74, 6) is 7.85. The van der Waals surface area contributed by atoms with Crippen molar-refractivity contribution in [3.63, 3.8) is 0 Å². The maximum atomic E-state index is 14.1. The predicted octanol–water partition coefficient (Wildman–Crippen LogP) is 6.11. The average Bonchev–Trinajstić information content (AvgIpc) is 3.68. The molecule has 0 saturated heterocycles. The fourth-order valence-corrected chi connectivity index (χ4v) is 5.50. The summed E-state index contributed by atoms with van der Waals surface area (Å²) < 4.78 is 79.8. The van der Waals surface area contributed by atoms with Gasteiger partial charge in [0, 0.05) is 47.5 Å². The van der Waals surface area contributed by atoms with Crippen LogP contribution in [-0.4, -0.2) is 52.7 Å². The Morgan fingerprint density at radius 2 is 1.82 bits per heavy atom. The smallest absolute Gasteiger partial charge is 0.383 e. The fraction of sp³-hybridized carbons (Fsp3) is 0.429. The number of fused-ring (bicyclic) bond motifs is 1. The molecule has 49 heavy (non-hydrogen) atoms. The van der Waals surface area contributed by atoms with Crippen molar-refractivity contribution in [1.29, 1.82) is 0 Å². The second kappa shape index (κ2) is 12.4. The van der Waals surface area contributed by atoms with Gasteiger partial charge in [0.1, 0.15) is 4.75 Å². The number of aryl methyl sites for hydroxylation is 1. The largest absolute Gasteiger partial charge is 0.413 e. The number of alkyl halides is 3. The number of hydrogen-bond donors (Lipinski definition) is 4. The van der Waals surface area contributed by atoms with E-state index < -0.39 is 38.3 Å². The first-order valence-electron chi connectivity index (χ1n) is 15.5. The third-order valence-electron chi connectivity index (χ3n) is 8.67. The number of anilines is 2. The second-order valence-corrected chi connectivity index (χ2v) is 16.7. The van der Waals surface area contributed by atoms with Crippen molar-refractivity contribution in [3.05, 3.63) is 70.7 Å². The highest BCUT2D eigenvalue weighted by atomic mass is 32.2. The molecule has 1 aliphatic carbocycles. The Balaban J connectivity index is 1.70. The third-order valence-corrected chi connectivity index (χ3v) is 10.6. The minimum absolute atomic E-state index is 0.0738. The van der Waals surface area contributed by atoms with E-state index in [-0.39, 0.29) is 18.3 Å². The van der Waals surface area contributed by atoms with Gasteiger partial charge in [-0.15, -0.1) is 12.0 Å². The lowest BCUT2D eigenvalue weighted by atomic mass is 9.96. The van der Waals surface area contributed by atoms with Gasteiger partial charge >= 0.3 is 6.18 Å². The highest BCUT2D eigenvalue weighted by Crippen LogP contribution is 2.53. The van der Waals surface area contributed by atoms with Crippen LogP contribution in [0.2, 0.25) is 0 Å². The Hall–Kier alpha value is -4.53. The topological polar surface area (TPSA) is 111 Å². The van der Waals surface area contributed by atoms with Crippen LogP contribution in [0, 0.1) is 42.5 Å². The summed E-state index contributed by atoms with van der Waals surface area (Å²) in [5.41, 5.74) is 6.86. The minimum atomic E-state index is -4.48. The number of pyridine rings is 2. The number of rotatable bonds is 8. The van der Waals surface area contributed by atoms with E-state index in [2.05, 4.69) is 70.1 Å². The number of hydrogen-bond acceptors (Lipinski definition) is 9. The van der Waals surface area contributed by atoms with Crippen LogP contribution < -0.4 is 21.6 Å². The quantitative estimate of drug-likeness (QED) is 0.126. The first-order valence-corrected chi connectivity index (χ1v) is 17.4. The molecule has 0 bridgehead atoms. The summed E-state index contributed by atoms with van der Waals surface area (Å²) in [6, 6.07) is 5.32. The molecule has 0 radical (unpaired) electrons. The van der Waals surface area contributed by atoms with Crippen molar-refractivity contribution in [3.8, 4) is 24.2 Å². The molecule has 0 spiro atoms. The van der Waals surface area contributed by atoms with Gasteiger partial charge in [0.25, 0.3) is 0 Å². The molecule has 2 aromatic heterocycles. The average molecular weight is 698 g/mol. The van der Waals surface area contributed by atoms with E-state index in [1.54, 1.807) is 25.3 Å². The van der Waals surface area contributed by atoms with Gasteiger partial charge in [-0.2, -0.15) is 17.6 Å². The van der Waals surface area contributed by atoms with E-state index in [1.807, 2.05) is 0 Å². The van der Waals surface area contributed by atoms with Crippen LogP contribution in [0.3, 0.4) is 0 Å². The van der Waals surface area contributed by atoms with E-state index in [0.29, 0.717) is 56.9 Å². The maximum absolute atomic E-state index is 14.1. The molecule has 0 unspecified atom stereocenters. The van der Waals surface area contributed by atoms with Gasteiger partial charge in [0.05, 0.1) is 34.1 Å². The van der Waals surface area contributed by atoms with Crippen LogP contribution in [0.15, 0.2) is 42.4 Å². The zero-order valence-electron chi connectivity index (χ0n) is 28.3. The van der Waals surface area contributed by atoms with Gasteiger partial charge in [-0.05, 0) is 57.2 Å². The number of halogens is 4. The van der Waals surface area contributed by atoms with E-state index in [9.17, 15) is 26.0 Å². The molecule has 0 amide bonds. The zero-order chi connectivity index (χ0) is 36.2. The summed E-state index contributed by atoms with van der Waals surface area (Å²) in [5, 5.41) is 8.44. The summed E-state index contributed by atoms with van der Waals surface area (Å²) >= 11 is 0. The number of benzene rings is 1. The van der Waals surface area contributed by atoms with Crippen LogP contribution in [0.1, 0.15) is 75.9 Å². The van der Waals surface area contributed by atoms with Crippen molar-refractivity contribution in [2.24, 2.45) is 5.41 Å². The van der Waals surface area contributed by atoms with Crippen LogP contribution in [0.25, 0.3) is 10.9 Å². The molecule has 4 N–H and O–H groups in total. The van der Waals surface area contributed by atoms with Crippen molar-refractivity contribution in [2.75, 3.05) is 23.4 Å². The van der Waals surface area contributed by atoms with E-state index in [0.717, 1.165) is 11.3 Å². The molecule has 5 rings (SSSR count). The molecule has 3 aromatic rings. The molecule has 260 valence electrons. The van der Waals surface area contributed by atoms with Gasteiger partial charge in [-0.3, -0.25) is 9.99 Å². The summed E-state index contributed by atoms with van der Waals surface area (Å²) in [7, 11) is -3.57. The van der Waals surface area contributed by atoms with Crippen LogP contribution in [-0.2, 0) is 9.84 Å². The summed E-state index contributed by atoms with van der Waals surface area (Å²) in [6.07, 6.45) is 5.27. The zero-order valence-corrected chi connectivity index (χ0v) is 29.1. The van der Waals surface area contributed by atoms with E-state index in [1.165, 1.54) is 32.2 Å². The van der Waals surface area contributed by atoms with Gasteiger partial charge in [0.2, 0.25) is 5.95 Å². The minimum Gasteiger partial charge on any atom is -0.383 e. The van der Waals surface area contributed by atoms with Crippen molar-refractivity contribution < 1.29 is 26.0 Å². The molecular weight excluding hydrogens is 658 g/mol. The van der Waals surface area contributed by atoms with Crippen molar-refractivity contribution in [2.45, 2.75) is 76.9 Å². The summed E-state index contributed by atoms with van der Waals surface area (Å²) in [6.45, 7) is 11.3. The predicted molar refractivity (Wildman–Crippen MR) is 183 cm³/mol. The highest BCUT2D eigenvalue weighted by Gasteiger charge is 2.67. The molecule has 1 aliphatic heterocycles. The molecule has 14 heteroatoms. The van der Waals surface area contributed by atoms with Crippen LogP contribution in [0.5, 0.6) is 0 Å². The highest BCUT2D eigenvalue weighted by molar-refractivity contribution is 7.92. The van der Waals surface area contributed by atoms with Crippen LogP contribution >= 0.6 is 0 Å². The number of aromatic nitrogens is 2. The normalized spacial score (nSPS) is 16.6. The molecule has 2 aliphatic rings. The SMILES string of the molecule is C#Cc1cnc2c(C#CC(C)(C)S(C)(=O)=O)cc(N[C@H](C3=CN(C4(C(F)(F)F)CC4)NN3)c3ccc(F)nc3C)cc2c1NCC(C)(C)C. The second-order valence-electron chi connectivity index (χ2n) is 14.2. The molecule has 3 heterocycles. The molecule has 1 aromatic carbocycles. The number of hydrazine groups is 2. The number of sulfone groups is 1. The number of terminal acetylenes is 1. The molecule has 1 fully saturated rings. The molecule has 1 atom stereocenters. The maximum Gasteiger partial charge on any atom is 0.413 e. The lowest BCUT2D eigenvalue weighted by Gasteiger charge is -2.28. The monoisotopic (exact) mass is 697 g/mol. The van der Waals surface area contributed by atoms with Crippen molar-refractivity contribution >= 4 is 32.1 Å². The summed E-state index contributed by atoms with van der Waals surface area (Å²) in [4.78, 5) is 8.57. The first-order chi connectivity index (χ1) is 22.7. The lowest BCUT2D eigenvalue weighted by molar-refractivity contribution is -0.195. The molecule has 9 nitrogen and oxygen atoms in total.